The first kappa shape index (κ1) is 13.7. The lowest BCUT2D eigenvalue weighted by atomic mass is 10.0. The molecule has 1 aromatic rings. The highest BCUT2D eigenvalue weighted by Crippen LogP contribution is 2.20. The van der Waals surface area contributed by atoms with Crippen LogP contribution in [-0.4, -0.2) is 32.0 Å². The van der Waals surface area contributed by atoms with Gasteiger partial charge in [0.25, 0.3) is 0 Å². The van der Waals surface area contributed by atoms with E-state index in [-0.39, 0.29) is 18.0 Å². The number of halogens is 2. The molecule has 2 rings (SSSR count). The third-order valence-corrected chi connectivity index (χ3v) is 3.31. The van der Waals surface area contributed by atoms with Crippen molar-refractivity contribution in [3.05, 3.63) is 34.6 Å². The highest BCUT2D eigenvalue weighted by Gasteiger charge is 2.25. The lowest BCUT2D eigenvalue weighted by molar-refractivity contribution is -0.101. The van der Waals surface area contributed by atoms with E-state index in [4.69, 9.17) is 26.9 Å². The zero-order chi connectivity index (χ0) is 13.0. The van der Waals surface area contributed by atoms with E-state index in [9.17, 15) is 4.39 Å². The Morgan fingerprint density at radius 2 is 2.33 bits per heavy atom. The minimum Gasteiger partial charge on any atom is -0.376 e. The number of rotatable bonds is 4. The molecule has 0 spiro atoms. The Labute approximate surface area is 110 Å². The molecule has 3 N–H and O–H groups in total. The van der Waals surface area contributed by atoms with Gasteiger partial charge < -0.3 is 9.47 Å². The van der Waals surface area contributed by atoms with Gasteiger partial charge in [-0.3, -0.25) is 11.3 Å². The molecule has 0 amide bonds. The van der Waals surface area contributed by atoms with E-state index >= 15 is 0 Å². The number of ether oxygens (including phenoxy) is 2. The van der Waals surface area contributed by atoms with E-state index in [2.05, 4.69) is 5.43 Å². The minimum absolute atomic E-state index is 0.117. The van der Waals surface area contributed by atoms with Crippen LogP contribution in [0.2, 0.25) is 5.02 Å². The van der Waals surface area contributed by atoms with E-state index in [0.717, 1.165) is 5.56 Å². The zero-order valence-electron chi connectivity index (χ0n) is 9.86. The Balaban J connectivity index is 2.04. The molecule has 1 saturated heterocycles. The molecule has 2 atom stereocenters. The SMILES string of the molecule is NNC(Cc1ccc(F)cc1Cl)C1COCCO1. The van der Waals surface area contributed by atoms with Crippen molar-refractivity contribution < 1.29 is 13.9 Å². The second kappa shape index (κ2) is 6.45. The fraction of sp³-hybridized carbons (Fsp3) is 0.500. The number of hydrogen-bond donors (Lipinski definition) is 2. The first-order chi connectivity index (χ1) is 8.70. The fourth-order valence-electron chi connectivity index (χ4n) is 1.96. The third-order valence-electron chi connectivity index (χ3n) is 2.96. The van der Waals surface area contributed by atoms with Gasteiger partial charge in [0.2, 0.25) is 0 Å². The normalized spacial score (nSPS) is 21.8. The van der Waals surface area contributed by atoms with Gasteiger partial charge in [0.15, 0.2) is 0 Å². The predicted molar refractivity (Wildman–Crippen MR) is 66.8 cm³/mol. The van der Waals surface area contributed by atoms with Crippen molar-refractivity contribution in [2.45, 2.75) is 18.6 Å². The average molecular weight is 275 g/mol. The summed E-state index contributed by atoms with van der Waals surface area (Å²) in [4.78, 5) is 0. The number of nitrogens with two attached hydrogens (primary N) is 1. The molecule has 0 aliphatic carbocycles. The van der Waals surface area contributed by atoms with Gasteiger partial charge in [0.1, 0.15) is 5.82 Å². The topological polar surface area (TPSA) is 56.5 Å². The van der Waals surface area contributed by atoms with Crippen LogP contribution in [-0.2, 0) is 15.9 Å². The molecular formula is C12H16ClFN2O2. The predicted octanol–water partition coefficient (Wildman–Crippen LogP) is 1.27. The van der Waals surface area contributed by atoms with Gasteiger partial charge >= 0.3 is 0 Å². The van der Waals surface area contributed by atoms with Crippen molar-refractivity contribution >= 4 is 11.6 Å². The smallest absolute Gasteiger partial charge is 0.124 e. The summed E-state index contributed by atoms with van der Waals surface area (Å²) in [7, 11) is 0. The summed E-state index contributed by atoms with van der Waals surface area (Å²) in [6.07, 6.45) is 0.439. The number of hydrogen-bond acceptors (Lipinski definition) is 4. The summed E-state index contributed by atoms with van der Waals surface area (Å²) in [6, 6.07) is 4.22. The van der Waals surface area contributed by atoms with Crippen molar-refractivity contribution in [3.8, 4) is 0 Å². The van der Waals surface area contributed by atoms with Crippen LogP contribution in [0, 0.1) is 5.82 Å². The van der Waals surface area contributed by atoms with Crippen LogP contribution < -0.4 is 11.3 Å². The molecule has 0 bridgehead atoms. The second-order valence-electron chi connectivity index (χ2n) is 4.20. The van der Waals surface area contributed by atoms with Crippen LogP contribution in [0.25, 0.3) is 0 Å². The number of hydrazine groups is 1. The second-order valence-corrected chi connectivity index (χ2v) is 4.60. The summed E-state index contributed by atoms with van der Waals surface area (Å²) in [5.74, 6) is 5.18. The van der Waals surface area contributed by atoms with Crippen molar-refractivity contribution in [3.63, 3.8) is 0 Å². The molecule has 0 radical (unpaired) electrons. The van der Waals surface area contributed by atoms with Crippen LogP contribution in [0.4, 0.5) is 4.39 Å². The fourth-order valence-corrected chi connectivity index (χ4v) is 2.20. The molecule has 6 heteroatoms. The van der Waals surface area contributed by atoms with E-state index in [1.54, 1.807) is 6.07 Å². The van der Waals surface area contributed by atoms with Crippen molar-refractivity contribution in [1.82, 2.24) is 5.43 Å². The summed E-state index contributed by atoms with van der Waals surface area (Å²) >= 11 is 5.99. The van der Waals surface area contributed by atoms with Crippen LogP contribution in [0.15, 0.2) is 18.2 Å². The van der Waals surface area contributed by atoms with Crippen molar-refractivity contribution in [2.75, 3.05) is 19.8 Å². The van der Waals surface area contributed by atoms with Gasteiger partial charge in [-0.25, -0.2) is 4.39 Å². The summed E-state index contributed by atoms with van der Waals surface area (Å²) in [5.41, 5.74) is 3.53. The van der Waals surface area contributed by atoms with Gasteiger partial charge in [-0.2, -0.15) is 0 Å². The van der Waals surface area contributed by atoms with Crippen LogP contribution in [0.5, 0.6) is 0 Å². The highest BCUT2D eigenvalue weighted by molar-refractivity contribution is 6.31. The third kappa shape index (κ3) is 3.40. The summed E-state index contributed by atoms with van der Waals surface area (Å²) < 4.78 is 23.9. The Hall–Kier alpha value is -0.720. The molecule has 1 aromatic carbocycles. The number of benzene rings is 1. The highest BCUT2D eigenvalue weighted by atomic mass is 35.5. The van der Waals surface area contributed by atoms with Gasteiger partial charge in [0.05, 0.1) is 32.0 Å². The maximum Gasteiger partial charge on any atom is 0.124 e. The molecule has 4 nitrogen and oxygen atoms in total. The van der Waals surface area contributed by atoms with E-state index in [0.29, 0.717) is 31.3 Å². The summed E-state index contributed by atoms with van der Waals surface area (Å²) in [6.45, 7) is 1.65. The lowest BCUT2D eigenvalue weighted by Crippen LogP contribution is -2.50. The first-order valence-corrected chi connectivity index (χ1v) is 6.18. The van der Waals surface area contributed by atoms with Gasteiger partial charge in [0, 0.05) is 5.02 Å². The zero-order valence-corrected chi connectivity index (χ0v) is 10.6. The molecule has 1 aliphatic heterocycles. The molecule has 2 unspecified atom stereocenters. The van der Waals surface area contributed by atoms with Crippen molar-refractivity contribution in [2.24, 2.45) is 5.84 Å². The molecule has 18 heavy (non-hydrogen) atoms. The quantitative estimate of drug-likeness (QED) is 0.641. The van der Waals surface area contributed by atoms with E-state index in [1.807, 2.05) is 0 Å². The molecule has 100 valence electrons. The Morgan fingerprint density at radius 3 is 2.94 bits per heavy atom. The molecule has 1 fully saturated rings. The lowest BCUT2D eigenvalue weighted by Gasteiger charge is -2.30. The van der Waals surface area contributed by atoms with E-state index in [1.165, 1.54) is 12.1 Å². The molecular weight excluding hydrogens is 259 g/mol. The largest absolute Gasteiger partial charge is 0.376 e. The molecule has 1 aliphatic rings. The minimum atomic E-state index is -0.349. The van der Waals surface area contributed by atoms with Crippen LogP contribution >= 0.6 is 11.6 Å². The molecule has 0 aromatic heterocycles. The van der Waals surface area contributed by atoms with Crippen molar-refractivity contribution in [1.29, 1.82) is 0 Å². The van der Waals surface area contributed by atoms with Crippen LogP contribution in [0.3, 0.4) is 0 Å². The summed E-state index contributed by atoms with van der Waals surface area (Å²) in [5, 5.41) is 0.395. The Morgan fingerprint density at radius 1 is 1.50 bits per heavy atom. The first-order valence-electron chi connectivity index (χ1n) is 5.80. The Kier molecular flexibility index (Phi) is 4.91. The molecule has 1 heterocycles. The monoisotopic (exact) mass is 274 g/mol. The average Bonchev–Trinajstić information content (AvgIpc) is 2.39. The van der Waals surface area contributed by atoms with Gasteiger partial charge in [-0.1, -0.05) is 17.7 Å². The Bertz CT molecular complexity index is 400. The van der Waals surface area contributed by atoms with Gasteiger partial charge in [-0.15, -0.1) is 0 Å². The maximum atomic E-state index is 13.0. The van der Waals surface area contributed by atoms with Gasteiger partial charge in [-0.05, 0) is 24.1 Å². The van der Waals surface area contributed by atoms with Crippen LogP contribution in [0.1, 0.15) is 5.56 Å². The number of nitrogens with one attached hydrogen (secondary N) is 1. The maximum absolute atomic E-state index is 13.0. The molecule has 0 saturated carbocycles. The van der Waals surface area contributed by atoms with E-state index < -0.39 is 0 Å². The standard InChI is InChI=1S/C12H16ClFN2O2/c13-10-6-9(14)2-1-8(10)5-11(16-15)12-7-17-3-4-18-12/h1-2,6,11-12,16H,3-5,7,15H2.